The number of nitro groups is 1. The van der Waals surface area contributed by atoms with Gasteiger partial charge in [-0.05, 0) is 49.2 Å². The predicted molar refractivity (Wildman–Crippen MR) is 100 cm³/mol. The first-order valence-electron chi connectivity index (χ1n) is 7.67. The smallest absolute Gasteiger partial charge is 0.334 e. The zero-order valence-corrected chi connectivity index (χ0v) is 14.8. The Morgan fingerprint density at radius 3 is 2.42 bits per heavy atom. The maximum absolute atomic E-state index is 11.6. The number of nitrogens with one attached hydrogen (secondary N) is 2. The normalized spacial score (nSPS) is 10.4. The van der Waals surface area contributed by atoms with Gasteiger partial charge in [0.25, 0.3) is 0 Å². The average Bonchev–Trinajstić information content (AvgIpc) is 2.60. The van der Waals surface area contributed by atoms with Gasteiger partial charge in [0.05, 0.1) is 10.6 Å². The molecule has 26 heavy (non-hydrogen) atoms. The topological polar surface area (TPSA) is 106 Å². The zero-order valence-electron chi connectivity index (χ0n) is 14.0. The van der Waals surface area contributed by atoms with Crippen LogP contribution in [0.5, 0.6) is 0 Å². The van der Waals surface area contributed by atoms with Gasteiger partial charge in [0.15, 0.2) is 5.15 Å². The monoisotopic (exact) mass is 370 g/mol. The van der Waals surface area contributed by atoms with Crippen molar-refractivity contribution in [3.8, 4) is 0 Å². The molecule has 0 fully saturated rings. The minimum absolute atomic E-state index is 0.0197. The fraction of sp³-hybridized carbons (Fsp3) is 0.118. The number of benzene rings is 1. The Balaban J connectivity index is 1.99. The van der Waals surface area contributed by atoms with Crippen LogP contribution in [0.2, 0.25) is 5.15 Å². The van der Waals surface area contributed by atoms with Crippen LogP contribution in [0.15, 0.2) is 42.9 Å². The molecule has 1 aromatic carbocycles. The van der Waals surface area contributed by atoms with E-state index in [0.29, 0.717) is 11.4 Å². The van der Waals surface area contributed by atoms with Crippen LogP contribution in [0.3, 0.4) is 0 Å². The average molecular weight is 371 g/mol. The minimum Gasteiger partial charge on any atom is -0.334 e. The number of aryl methyl sites for hydroxylation is 2. The third kappa shape index (κ3) is 3.70. The molecule has 132 valence electrons. The largest absolute Gasteiger partial charge is 0.353 e. The number of pyridine rings is 1. The van der Waals surface area contributed by atoms with E-state index in [1.54, 1.807) is 12.1 Å². The summed E-state index contributed by atoms with van der Waals surface area (Å²) in [6.45, 7) is 3.96. The van der Waals surface area contributed by atoms with Crippen LogP contribution in [-0.2, 0) is 0 Å². The summed E-state index contributed by atoms with van der Waals surface area (Å²) < 4.78 is 0. The first kappa shape index (κ1) is 17.6. The van der Waals surface area contributed by atoms with Gasteiger partial charge in [-0.1, -0.05) is 17.7 Å². The second kappa shape index (κ2) is 7.32. The lowest BCUT2D eigenvalue weighted by atomic mass is 10.1. The van der Waals surface area contributed by atoms with Gasteiger partial charge in [-0.2, -0.15) is 0 Å². The molecule has 3 rings (SSSR count). The van der Waals surface area contributed by atoms with Gasteiger partial charge < -0.3 is 10.6 Å². The molecule has 0 unspecified atom stereocenters. The highest BCUT2D eigenvalue weighted by atomic mass is 35.5. The number of aromatic nitrogens is 3. The Bertz CT molecular complexity index is 979. The summed E-state index contributed by atoms with van der Waals surface area (Å²) in [6, 6.07) is 8.97. The van der Waals surface area contributed by atoms with Crippen molar-refractivity contribution in [1.82, 2.24) is 15.0 Å². The fourth-order valence-corrected chi connectivity index (χ4v) is 2.46. The number of halogens is 1. The summed E-state index contributed by atoms with van der Waals surface area (Å²) in [7, 11) is 0. The lowest BCUT2D eigenvalue weighted by molar-refractivity contribution is -0.383. The van der Waals surface area contributed by atoms with Gasteiger partial charge >= 0.3 is 5.69 Å². The second-order valence-electron chi connectivity index (χ2n) is 5.57. The van der Waals surface area contributed by atoms with E-state index in [0.717, 1.165) is 11.1 Å². The van der Waals surface area contributed by atoms with E-state index in [-0.39, 0.29) is 22.5 Å². The molecule has 0 saturated heterocycles. The van der Waals surface area contributed by atoms with Crippen LogP contribution >= 0.6 is 11.6 Å². The Hall–Kier alpha value is -3.26. The molecular weight excluding hydrogens is 356 g/mol. The van der Waals surface area contributed by atoms with E-state index in [2.05, 4.69) is 25.6 Å². The summed E-state index contributed by atoms with van der Waals surface area (Å²) in [6.07, 6.45) is 2.76. The molecule has 0 aliphatic heterocycles. The van der Waals surface area contributed by atoms with E-state index in [1.165, 1.54) is 12.5 Å². The van der Waals surface area contributed by atoms with Crippen LogP contribution in [0.1, 0.15) is 11.1 Å². The van der Waals surface area contributed by atoms with Crippen molar-refractivity contribution in [2.24, 2.45) is 0 Å². The molecular formula is C17H15ClN6O2. The molecule has 2 N–H and O–H groups in total. The molecule has 0 atom stereocenters. The van der Waals surface area contributed by atoms with E-state index in [9.17, 15) is 10.1 Å². The van der Waals surface area contributed by atoms with Gasteiger partial charge in [0.1, 0.15) is 6.33 Å². The van der Waals surface area contributed by atoms with Crippen molar-refractivity contribution >= 4 is 40.3 Å². The van der Waals surface area contributed by atoms with Crippen molar-refractivity contribution < 1.29 is 4.92 Å². The summed E-state index contributed by atoms with van der Waals surface area (Å²) >= 11 is 6.01. The predicted octanol–water partition coefficient (Wildman–Crippen LogP) is 4.54. The van der Waals surface area contributed by atoms with Crippen molar-refractivity contribution in [3.63, 3.8) is 0 Å². The summed E-state index contributed by atoms with van der Waals surface area (Å²) in [5, 5.41) is 17.6. The molecule has 0 aliphatic rings. The van der Waals surface area contributed by atoms with Gasteiger partial charge in [-0.15, -0.1) is 0 Å². The molecule has 2 aromatic heterocycles. The van der Waals surface area contributed by atoms with Crippen LogP contribution in [0.25, 0.3) is 0 Å². The molecule has 9 heteroatoms. The van der Waals surface area contributed by atoms with Crippen LogP contribution in [0, 0.1) is 24.0 Å². The van der Waals surface area contributed by atoms with Crippen molar-refractivity contribution in [1.29, 1.82) is 0 Å². The number of anilines is 4. The highest BCUT2D eigenvalue weighted by Gasteiger charge is 2.24. The SMILES string of the molecule is Cc1ccc(Nc2ncnc(Nc3cccnc3Cl)c2[N+](=O)[O-])cc1C. The quantitative estimate of drug-likeness (QED) is 0.386. The standard InChI is InChI=1S/C17H15ClN6O2/c1-10-5-6-12(8-11(10)2)22-16-14(24(25)26)17(21-9-20-16)23-13-4-3-7-19-15(13)18/h3-9H,1-2H3,(H2,20,21,22,23). The number of hydrogen-bond donors (Lipinski definition) is 2. The highest BCUT2D eigenvalue weighted by molar-refractivity contribution is 6.32. The highest BCUT2D eigenvalue weighted by Crippen LogP contribution is 2.34. The molecule has 2 heterocycles. The van der Waals surface area contributed by atoms with Crippen molar-refractivity contribution in [3.05, 3.63) is 69.3 Å². The van der Waals surface area contributed by atoms with E-state index < -0.39 is 4.92 Å². The molecule has 0 spiro atoms. The van der Waals surface area contributed by atoms with E-state index >= 15 is 0 Å². The summed E-state index contributed by atoms with van der Waals surface area (Å²) in [5.41, 5.74) is 3.01. The zero-order chi connectivity index (χ0) is 18.7. The van der Waals surface area contributed by atoms with Crippen LogP contribution < -0.4 is 10.6 Å². The third-order valence-corrected chi connectivity index (χ3v) is 4.09. The lowest BCUT2D eigenvalue weighted by Gasteiger charge is -2.11. The van der Waals surface area contributed by atoms with E-state index in [4.69, 9.17) is 11.6 Å². The summed E-state index contributed by atoms with van der Waals surface area (Å²) in [5.74, 6) is 0.0991. The van der Waals surface area contributed by atoms with Gasteiger partial charge in [0.2, 0.25) is 11.6 Å². The number of hydrogen-bond acceptors (Lipinski definition) is 7. The molecule has 3 aromatic rings. The Morgan fingerprint density at radius 1 is 1.04 bits per heavy atom. The van der Waals surface area contributed by atoms with Gasteiger partial charge in [-0.25, -0.2) is 15.0 Å². The first-order valence-corrected chi connectivity index (χ1v) is 8.04. The Labute approximate surface area is 154 Å². The first-order chi connectivity index (χ1) is 12.5. The molecule has 0 aliphatic carbocycles. The minimum atomic E-state index is -0.546. The number of rotatable bonds is 5. The van der Waals surface area contributed by atoms with Crippen LogP contribution in [-0.4, -0.2) is 19.9 Å². The maximum Gasteiger partial charge on any atom is 0.353 e. The molecule has 0 saturated carbocycles. The van der Waals surface area contributed by atoms with Crippen molar-refractivity contribution in [2.75, 3.05) is 10.6 Å². The molecule has 8 nitrogen and oxygen atoms in total. The molecule has 0 bridgehead atoms. The lowest BCUT2D eigenvalue weighted by Crippen LogP contribution is -2.06. The maximum atomic E-state index is 11.6. The fourth-order valence-electron chi connectivity index (χ4n) is 2.30. The summed E-state index contributed by atoms with van der Waals surface area (Å²) in [4.78, 5) is 23.0. The Morgan fingerprint density at radius 2 is 1.77 bits per heavy atom. The number of nitrogens with zero attached hydrogens (tertiary/aromatic N) is 4. The third-order valence-electron chi connectivity index (χ3n) is 3.79. The van der Waals surface area contributed by atoms with Crippen molar-refractivity contribution in [2.45, 2.75) is 13.8 Å². The molecule has 0 radical (unpaired) electrons. The Kier molecular flexibility index (Phi) is 4.94. The molecule has 0 amide bonds. The second-order valence-corrected chi connectivity index (χ2v) is 5.93. The van der Waals surface area contributed by atoms with Crippen LogP contribution in [0.4, 0.5) is 28.7 Å². The van der Waals surface area contributed by atoms with Gasteiger partial charge in [-0.3, -0.25) is 10.1 Å². The van der Waals surface area contributed by atoms with E-state index in [1.807, 2.05) is 32.0 Å². The van der Waals surface area contributed by atoms with Gasteiger partial charge in [0, 0.05) is 11.9 Å².